The summed E-state index contributed by atoms with van der Waals surface area (Å²) in [7, 11) is 0. The largest absolute Gasteiger partial charge is 0.144 e. The maximum Gasteiger partial charge on any atom is 0.0299 e. The second kappa shape index (κ2) is 7.25. The van der Waals surface area contributed by atoms with Crippen molar-refractivity contribution in [2.75, 3.05) is 0 Å². The molecule has 25 heavy (non-hydrogen) atoms. The number of hydrogen-bond acceptors (Lipinski definition) is 1. The lowest BCUT2D eigenvalue weighted by atomic mass is 9.99. The van der Waals surface area contributed by atoms with E-state index in [1.54, 1.807) is 0 Å². The van der Waals surface area contributed by atoms with Crippen molar-refractivity contribution in [2.45, 2.75) is 26.2 Å². The zero-order chi connectivity index (χ0) is 17.1. The van der Waals surface area contributed by atoms with Gasteiger partial charge < -0.3 is 0 Å². The van der Waals surface area contributed by atoms with Crippen molar-refractivity contribution in [2.24, 2.45) is 0 Å². The molecule has 1 heteroatoms. The Kier molecular flexibility index (Phi) is 4.67. The normalized spacial score (nSPS) is 12.7. The van der Waals surface area contributed by atoms with Gasteiger partial charge >= 0.3 is 0 Å². The maximum absolute atomic E-state index is 2.32. The smallest absolute Gasteiger partial charge is 0.0299 e. The van der Waals surface area contributed by atoms with E-state index >= 15 is 0 Å². The summed E-state index contributed by atoms with van der Waals surface area (Å²) in [6.45, 7) is 2.21. The first-order valence-corrected chi connectivity index (χ1v) is 9.87. The minimum Gasteiger partial charge on any atom is -0.144 e. The Balaban J connectivity index is 0.000000147. The molecule has 1 aliphatic carbocycles. The van der Waals surface area contributed by atoms with Crippen LogP contribution in [0.5, 0.6) is 0 Å². The number of fused-ring (bicyclic) bond motifs is 3. The van der Waals surface area contributed by atoms with E-state index in [1.807, 2.05) is 11.3 Å². The first kappa shape index (κ1) is 16.1. The average Bonchev–Trinajstić information content (AvgIpc) is 3.15. The Labute approximate surface area is 152 Å². The molecule has 0 radical (unpaired) electrons. The molecule has 0 bridgehead atoms. The molecule has 0 N–H and O–H groups in total. The van der Waals surface area contributed by atoms with Crippen molar-refractivity contribution in [3.05, 3.63) is 81.4 Å². The Morgan fingerprint density at radius 3 is 2.36 bits per heavy atom. The van der Waals surface area contributed by atoms with Crippen LogP contribution in [-0.2, 0) is 6.42 Å². The average molecular weight is 343 g/mol. The molecule has 124 valence electrons. The van der Waals surface area contributed by atoms with E-state index in [2.05, 4.69) is 85.1 Å². The Hall–Kier alpha value is -2.38. The Bertz CT molecular complexity index is 1100. The summed E-state index contributed by atoms with van der Waals surface area (Å²) in [6, 6.07) is 21.9. The lowest BCUT2D eigenvalue weighted by Gasteiger charge is -2.06. The molecule has 0 unspecified atom stereocenters. The number of thiophene rings is 1. The third-order valence-electron chi connectivity index (χ3n) is 4.81. The molecule has 4 aromatic rings. The fourth-order valence-electron chi connectivity index (χ4n) is 3.46. The van der Waals surface area contributed by atoms with Gasteiger partial charge in [-0.2, -0.15) is 0 Å². The molecule has 1 aliphatic rings. The van der Waals surface area contributed by atoms with E-state index in [4.69, 9.17) is 0 Å². The molecule has 0 atom stereocenters. The van der Waals surface area contributed by atoms with Crippen LogP contribution in [0.3, 0.4) is 0 Å². The Morgan fingerprint density at radius 1 is 0.800 bits per heavy atom. The second-order valence-corrected chi connectivity index (χ2v) is 7.36. The van der Waals surface area contributed by atoms with Gasteiger partial charge in [-0.25, -0.2) is 0 Å². The standard InChI is InChI=1S/C16H14.C8H8S/c1-2-12-8-5-9-15-10-13-6-3-4-7-14(13)11-16(12)15;1-2-4-8-7(3-1)5-6-9-8/h3-11H,2H2,1H3;3-6H,1-2H2. The molecule has 0 nitrogen and oxygen atoms in total. The molecular weight excluding hydrogens is 320 g/mol. The summed E-state index contributed by atoms with van der Waals surface area (Å²) in [5.74, 6) is 0. The lowest BCUT2D eigenvalue weighted by Crippen LogP contribution is -2.19. The lowest BCUT2D eigenvalue weighted by molar-refractivity contribution is 1.13. The van der Waals surface area contributed by atoms with E-state index in [1.165, 1.54) is 49.7 Å². The second-order valence-electron chi connectivity index (χ2n) is 6.42. The van der Waals surface area contributed by atoms with Crippen molar-refractivity contribution in [3.63, 3.8) is 0 Å². The molecule has 1 aromatic heterocycles. The van der Waals surface area contributed by atoms with Crippen molar-refractivity contribution < 1.29 is 0 Å². The van der Waals surface area contributed by atoms with Gasteiger partial charge in [-0.3, -0.25) is 0 Å². The van der Waals surface area contributed by atoms with E-state index in [9.17, 15) is 0 Å². The van der Waals surface area contributed by atoms with Crippen LogP contribution in [0.1, 0.15) is 25.3 Å². The molecule has 5 rings (SSSR count). The maximum atomic E-state index is 2.32. The third kappa shape index (κ3) is 3.38. The highest BCUT2D eigenvalue weighted by atomic mass is 32.1. The first-order chi connectivity index (χ1) is 12.3. The molecule has 0 saturated carbocycles. The minimum absolute atomic E-state index is 1.09. The fraction of sp³-hybridized carbons (Fsp3) is 0.167. The topological polar surface area (TPSA) is 0 Å². The first-order valence-electron chi connectivity index (χ1n) is 8.99. The van der Waals surface area contributed by atoms with Crippen LogP contribution >= 0.6 is 11.3 Å². The summed E-state index contributed by atoms with van der Waals surface area (Å²) in [6.07, 6.45) is 8.18. The van der Waals surface area contributed by atoms with Gasteiger partial charge in [0, 0.05) is 4.53 Å². The van der Waals surface area contributed by atoms with Crippen molar-refractivity contribution in [3.8, 4) is 0 Å². The van der Waals surface area contributed by atoms with Crippen molar-refractivity contribution in [1.29, 1.82) is 0 Å². The molecule has 0 aliphatic heterocycles. The summed E-state index contributed by atoms with van der Waals surface area (Å²) < 4.78 is 1.46. The molecule has 3 aromatic carbocycles. The van der Waals surface area contributed by atoms with E-state index < -0.39 is 0 Å². The van der Waals surface area contributed by atoms with Crippen LogP contribution < -0.4 is 9.75 Å². The van der Waals surface area contributed by atoms with Crippen LogP contribution in [0.2, 0.25) is 0 Å². The third-order valence-corrected chi connectivity index (χ3v) is 5.73. The number of benzene rings is 3. The number of aryl methyl sites for hydroxylation is 1. The quantitative estimate of drug-likeness (QED) is 0.392. The monoisotopic (exact) mass is 342 g/mol. The minimum atomic E-state index is 1.09. The molecule has 0 spiro atoms. The van der Waals surface area contributed by atoms with E-state index in [0.717, 1.165) is 6.42 Å². The predicted molar refractivity (Wildman–Crippen MR) is 113 cm³/mol. The van der Waals surface area contributed by atoms with Crippen LogP contribution in [0, 0.1) is 0 Å². The number of rotatable bonds is 1. The van der Waals surface area contributed by atoms with Gasteiger partial charge in [-0.1, -0.05) is 61.5 Å². The molecule has 0 fully saturated rings. The highest BCUT2D eigenvalue weighted by Gasteiger charge is 2.00. The number of hydrogen-bond donors (Lipinski definition) is 0. The van der Waals surface area contributed by atoms with Gasteiger partial charge in [-0.05, 0) is 75.2 Å². The van der Waals surface area contributed by atoms with Gasteiger partial charge in [0.1, 0.15) is 0 Å². The molecule has 1 heterocycles. The van der Waals surface area contributed by atoms with Gasteiger partial charge in [0.2, 0.25) is 0 Å². The highest BCUT2D eigenvalue weighted by molar-refractivity contribution is 7.07. The van der Waals surface area contributed by atoms with Crippen LogP contribution in [0.25, 0.3) is 33.7 Å². The zero-order valence-corrected chi connectivity index (χ0v) is 15.4. The van der Waals surface area contributed by atoms with Crippen molar-refractivity contribution in [1.82, 2.24) is 0 Å². The fourth-order valence-corrected chi connectivity index (χ4v) is 4.32. The SMILES string of the molecule is C1=c2ccsc2=CCC1.CCc1cccc2cc3ccccc3cc12. The van der Waals surface area contributed by atoms with Crippen LogP contribution in [0.4, 0.5) is 0 Å². The van der Waals surface area contributed by atoms with Gasteiger partial charge in [0.15, 0.2) is 0 Å². The predicted octanol–water partition coefficient (Wildman–Crippen LogP) is 5.66. The summed E-state index contributed by atoms with van der Waals surface area (Å²) in [5, 5.41) is 8.98. The molecule has 0 saturated heterocycles. The van der Waals surface area contributed by atoms with Crippen LogP contribution in [0.15, 0.2) is 66.0 Å². The van der Waals surface area contributed by atoms with E-state index in [0.29, 0.717) is 0 Å². The molecular formula is C24H22S. The summed E-state index contributed by atoms with van der Waals surface area (Å²) in [5.41, 5.74) is 1.43. The summed E-state index contributed by atoms with van der Waals surface area (Å²) >= 11 is 1.84. The Morgan fingerprint density at radius 2 is 1.56 bits per heavy atom. The summed E-state index contributed by atoms with van der Waals surface area (Å²) in [4.78, 5) is 0. The van der Waals surface area contributed by atoms with Gasteiger partial charge in [0.05, 0.1) is 0 Å². The molecule has 0 amide bonds. The van der Waals surface area contributed by atoms with Gasteiger partial charge in [-0.15, -0.1) is 11.3 Å². The van der Waals surface area contributed by atoms with Crippen molar-refractivity contribution >= 4 is 45.0 Å². The zero-order valence-electron chi connectivity index (χ0n) is 14.5. The van der Waals surface area contributed by atoms with E-state index in [-0.39, 0.29) is 0 Å². The highest BCUT2D eigenvalue weighted by Crippen LogP contribution is 2.25. The van der Waals surface area contributed by atoms with Gasteiger partial charge in [0.25, 0.3) is 0 Å². The van der Waals surface area contributed by atoms with Crippen LogP contribution in [-0.4, -0.2) is 0 Å².